The van der Waals surface area contributed by atoms with Crippen LogP contribution < -0.4 is 16.4 Å². The Labute approximate surface area is 79.3 Å². The van der Waals surface area contributed by atoms with Crippen molar-refractivity contribution in [3.8, 4) is 0 Å². The molecule has 2 unspecified atom stereocenters. The smallest absolute Gasteiger partial charge is 0.231 e. The maximum atomic E-state index is 10.5. The molecule has 1 heterocycles. The second-order valence-electron chi connectivity index (χ2n) is 3.69. The lowest BCUT2D eigenvalue weighted by molar-refractivity contribution is -0.117. The van der Waals surface area contributed by atoms with E-state index >= 15 is 0 Å². The number of nitrogens with one attached hydrogen (secondary N) is 2. The van der Waals surface area contributed by atoms with E-state index in [1.165, 1.54) is 19.3 Å². The van der Waals surface area contributed by atoms with Crippen LogP contribution >= 0.6 is 0 Å². The molecule has 1 saturated heterocycles. The molecular weight excluding hydrogens is 166 g/mol. The number of nitrogens with two attached hydrogens (primary N) is 1. The van der Waals surface area contributed by atoms with Crippen molar-refractivity contribution in [1.29, 1.82) is 0 Å². The van der Waals surface area contributed by atoms with Crippen LogP contribution in [0.1, 0.15) is 26.2 Å². The maximum absolute atomic E-state index is 10.5. The minimum absolute atomic E-state index is 0.277. The second-order valence-corrected chi connectivity index (χ2v) is 3.69. The Bertz CT molecular complexity index is 166. The summed E-state index contributed by atoms with van der Waals surface area (Å²) in [6.45, 7) is 3.46. The summed E-state index contributed by atoms with van der Waals surface area (Å²) in [6.07, 6.45) is 3.73. The summed E-state index contributed by atoms with van der Waals surface area (Å²) in [5.74, 6) is -0.289. The van der Waals surface area contributed by atoms with Crippen molar-refractivity contribution in [2.24, 2.45) is 5.73 Å². The molecule has 2 atom stereocenters. The molecule has 1 fully saturated rings. The summed E-state index contributed by atoms with van der Waals surface area (Å²) < 4.78 is 0. The molecule has 0 aromatic carbocycles. The van der Waals surface area contributed by atoms with E-state index < -0.39 is 0 Å². The van der Waals surface area contributed by atoms with Crippen LogP contribution in [0.4, 0.5) is 0 Å². The molecular formula is C9H19N3O. The van der Waals surface area contributed by atoms with E-state index in [1.807, 2.05) is 0 Å². The molecule has 0 saturated carbocycles. The molecule has 13 heavy (non-hydrogen) atoms. The molecule has 0 aromatic heterocycles. The number of rotatable bonds is 4. The fourth-order valence-corrected chi connectivity index (χ4v) is 1.71. The SMILES string of the molecule is CC(NCC(N)=O)C1CCCCN1. The normalized spacial score (nSPS) is 25.5. The van der Waals surface area contributed by atoms with Gasteiger partial charge in [-0.15, -0.1) is 0 Å². The minimum atomic E-state index is -0.289. The molecule has 4 heteroatoms. The summed E-state index contributed by atoms with van der Waals surface area (Å²) in [5, 5.41) is 6.54. The van der Waals surface area contributed by atoms with Gasteiger partial charge in [-0.3, -0.25) is 4.79 Å². The number of carbonyl (C=O) groups excluding carboxylic acids is 1. The second kappa shape index (κ2) is 5.19. The van der Waals surface area contributed by atoms with Gasteiger partial charge in [0.05, 0.1) is 6.54 Å². The van der Waals surface area contributed by atoms with Gasteiger partial charge in [0.2, 0.25) is 5.91 Å². The van der Waals surface area contributed by atoms with Gasteiger partial charge in [-0.2, -0.15) is 0 Å². The van der Waals surface area contributed by atoms with Gasteiger partial charge in [0, 0.05) is 12.1 Å². The molecule has 1 rings (SSSR count). The number of amides is 1. The van der Waals surface area contributed by atoms with Crippen LogP contribution in [0.5, 0.6) is 0 Å². The minimum Gasteiger partial charge on any atom is -0.369 e. The summed E-state index contributed by atoms with van der Waals surface area (Å²) in [5.41, 5.74) is 5.05. The lowest BCUT2D eigenvalue weighted by Crippen LogP contribution is -2.50. The molecule has 1 amide bonds. The summed E-state index contributed by atoms with van der Waals surface area (Å²) in [7, 11) is 0. The third-order valence-electron chi connectivity index (χ3n) is 2.55. The third kappa shape index (κ3) is 3.74. The van der Waals surface area contributed by atoms with Crippen molar-refractivity contribution in [3.05, 3.63) is 0 Å². The van der Waals surface area contributed by atoms with Gasteiger partial charge >= 0.3 is 0 Å². The number of carbonyl (C=O) groups is 1. The molecule has 4 nitrogen and oxygen atoms in total. The Morgan fingerprint density at radius 2 is 2.46 bits per heavy atom. The molecule has 0 radical (unpaired) electrons. The monoisotopic (exact) mass is 185 g/mol. The van der Waals surface area contributed by atoms with E-state index in [0.717, 1.165) is 6.54 Å². The van der Waals surface area contributed by atoms with Gasteiger partial charge in [0.1, 0.15) is 0 Å². The zero-order valence-corrected chi connectivity index (χ0v) is 8.18. The highest BCUT2D eigenvalue weighted by Gasteiger charge is 2.18. The van der Waals surface area contributed by atoms with Crippen LogP contribution in [0.2, 0.25) is 0 Å². The number of hydrogen-bond acceptors (Lipinski definition) is 3. The molecule has 76 valence electrons. The standard InChI is InChI=1S/C9H19N3O/c1-7(12-6-9(10)13)8-4-2-3-5-11-8/h7-8,11-12H,2-6H2,1H3,(H2,10,13). The number of piperidine rings is 1. The topological polar surface area (TPSA) is 67.1 Å². The van der Waals surface area contributed by atoms with E-state index in [1.54, 1.807) is 0 Å². The predicted octanol–water partition coefficient (Wildman–Crippen LogP) is -0.408. The van der Waals surface area contributed by atoms with Crippen molar-refractivity contribution in [1.82, 2.24) is 10.6 Å². The van der Waals surface area contributed by atoms with Gasteiger partial charge < -0.3 is 16.4 Å². The molecule has 0 aliphatic carbocycles. The Morgan fingerprint density at radius 1 is 1.69 bits per heavy atom. The Hall–Kier alpha value is -0.610. The molecule has 0 bridgehead atoms. The fourth-order valence-electron chi connectivity index (χ4n) is 1.71. The highest BCUT2D eigenvalue weighted by atomic mass is 16.1. The van der Waals surface area contributed by atoms with Crippen molar-refractivity contribution in [2.75, 3.05) is 13.1 Å². The van der Waals surface area contributed by atoms with Gasteiger partial charge in [-0.1, -0.05) is 6.42 Å². The van der Waals surface area contributed by atoms with E-state index in [-0.39, 0.29) is 12.5 Å². The molecule has 0 aromatic rings. The zero-order valence-electron chi connectivity index (χ0n) is 8.18. The largest absolute Gasteiger partial charge is 0.369 e. The lowest BCUT2D eigenvalue weighted by Gasteiger charge is -2.29. The van der Waals surface area contributed by atoms with Gasteiger partial charge in [-0.05, 0) is 26.3 Å². The third-order valence-corrected chi connectivity index (χ3v) is 2.55. The zero-order chi connectivity index (χ0) is 9.68. The van der Waals surface area contributed by atoms with Gasteiger partial charge in [0.15, 0.2) is 0 Å². The first-order valence-electron chi connectivity index (χ1n) is 4.95. The lowest BCUT2D eigenvalue weighted by atomic mass is 9.99. The van der Waals surface area contributed by atoms with Crippen molar-refractivity contribution in [3.63, 3.8) is 0 Å². The average Bonchev–Trinajstić information content (AvgIpc) is 2.15. The van der Waals surface area contributed by atoms with Crippen LogP contribution in [-0.2, 0) is 4.79 Å². The van der Waals surface area contributed by atoms with Crippen molar-refractivity contribution < 1.29 is 4.79 Å². The predicted molar refractivity (Wildman–Crippen MR) is 52.3 cm³/mol. The van der Waals surface area contributed by atoms with E-state index in [4.69, 9.17) is 5.73 Å². The maximum Gasteiger partial charge on any atom is 0.231 e. The summed E-state index contributed by atoms with van der Waals surface area (Å²) >= 11 is 0. The van der Waals surface area contributed by atoms with E-state index in [2.05, 4.69) is 17.6 Å². The number of primary amides is 1. The summed E-state index contributed by atoms with van der Waals surface area (Å²) in [6, 6.07) is 0.820. The highest BCUT2D eigenvalue weighted by Crippen LogP contribution is 2.09. The van der Waals surface area contributed by atoms with Crippen LogP contribution in [0.25, 0.3) is 0 Å². The van der Waals surface area contributed by atoms with E-state index in [0.29, 0.717) is 12.1 Å². The highest BCUT2D eigenvalue weighted by molar-refractivity contribution is 5.75. The quantitative estimate of drug-likeness (QED) is 0.558. The van der Waals surface area contributed by atoms with Gasteiger partial charge in [-0.25, -0.2) is 0 Å². The number of hydrogen-bond donors (Lipinski definition) is 3. The van der Waals surface area contributed by atoms with E-state index in [9.17, 15) is 4.79 Å². The molecule has 0 spiro atoms. The van der Waals surface area contributed by atoms with Crippen molar-refractivity contribution in [2.45, 2.75) is 38.3 Å². The Balaban J connectivity index is 2.20. The fraction of sp³-hybridized carbons (Fsp3) is 0.889. The van der Waals surface area contributed by atoms with Crippen LogP contribution in [-0.4, -0.2) is 31.1 Å². The molecule has 1 aliphatic rings. The van der Waals surface area contributed by atoms with Crippen LogP contribution in [0.15, 0.2) is 0 Å². The summed E-state index contributed by atoms with van der Waals surface area (Å²) in [4.78, 5) is 10.5. The Morgan fingerprint density at radius 3 is 3.00 bits per heavy atom. The first kappa shape index (κ1) is 10.5. The van der Waals surface area contributed by atoms with Crippen LogP contribution in [0.3, 0.4) is 0 Å². The first-order chi connectivity index (χ1) is 6.20. The Kier molecular flexibility index (Phi) is 4.18. The van der Waals surface area contributed by atoms with Crippen LogP contribution in [0, 0.1) is 0 Å². The first-order valence-corrected chi connectivity index (χ1v) is 4.95. The van der Waals surface area contributed by atoms with Crippen molar-refractivity contribution >= 4 is 5.91 Å². The molecule has 4 N–H and O–H groups in total. The average molecular weight is 185 g/mol. The molecule has 1 aliphatic heterocycles. The van der Waals surface area contributed by atoms with Gasteiger partial charge in [0.25, 0.3) is 0 Å².